The maximum atomic E-state index is 12.9. The fourth-order valence-electron chi connectivity index (χ4n) is 3.30. The molecule has 2 heterocycles. The molecule has 29 heavy (non-hydrogen) atoms. The van der Waals surface area contributed by atoms with Crippen LogP contribution < -0.4 is 5.32 Å². The molecule has 1 fully saturated rings. The number of aryl methyl sites for hydroxylation is 1. The molecule has 0 saturated heterocycles. The van der Waals surface area contributed by atoms with E-state index in [-0.39, 0.29) is 5.91 Å². The second-order valence-corrected chi connectivity index (χ2v) is 7.21. The van der Waals surface area contributed by atoms with Crippen LogP contribution in [-0.2, 0) is 0 Å². The molecule has 2 aromatic heterocycles. The van der Waals surface area contributed by atoms with Crippen molar-refractivity contribution in [2.24, 2.45) is 0 Å². The number of nitrogens with zero attached hydrogens (tertiary/aromatic N) is 4. The van der Waals surface area contributed by atoms with Gasteiger partial charge in [0.1, 0.15) is 6.26 Å². The number of nitrogens with one attached hydrogen (secondary N) is 1. The lowest BCUT2D eigenvalue weighted by Gasteiger charge is -2.08. The fraction of sp³-hybridized carbons (Fsp3) is 0.182. The first kappa shape index (κ1) is 17.4. The molecular formula is C22H19N5O2. The molecule has 7 nitrogen and oxygen atoms in total. The number of anilines is 1. The molecule has 1 aliphatic carbocycles. The minimum Gasteiger partial charge on any atom is -0.445 e. The Morgan fingerprint density at radius 2 is 1.86 bits per heavy atom. The molecule has 0 aliphatic heterocycles. The third-order valence-corrected chi connectivity index (χ3v) is 4.98. The molecule has 2 aromatic carbocycles. The number of carbonyl (C=O) groups excluding carboxylic acids is 1. The highest BCUT2D eigenvalue weighted by molar-refractivity contribution is 6.03. The van der Waals surface area contributed by atoms with Crippen molar-refractivity contribution < 1.29 is 9.21 Å². The van der Waals surface area contributed by atoms with Crippen LogP contribution in [0.4, 0.5) is 5.69 Å². The van der Waals surface area contributed by atoms with Crippen molar-refractivity contribution in [2.45, 2.75) is 25.7 Å². The zero-order chi connectivity index (χ0) is 19.8. The van der Waals surface area contributed by atoms with E-state index in [1.807, 2.05) is 55.5 Å². The van der Waals surface area contributed by atoms with Crippen LogP contribution in [0.5, 0.6) is 0 Å². The molecule has 4 aromatic rings. The van der Waals surface area contributed by atoms with Crippen LogP contribution in [0.1, 0.15) is 40.5 Å². The summed E-state index contributed by atoms with van der Waals surface area (Å²) in [5.74, 6) is 0.605. The zero-order valence-corrected chi connectivity index (χ0v) is 15.9. The summed E-state index contributed by atoms with van der Waals surface area (Å²) in [6, 6.07) is 15.4. The van der Waals surface area contributed by atoms with Gasteiger partial charge in [0.15, 0.2) is 5.69 Å². The van der Waals surface area contributed by atoms with Crippen molar-refractivity contribution in [1.29, 1.82) is 0 Å². The Balaban J connectivity index is 1.40. The molecule has 0 bridgehead atoms. The molecule has 1 saturated carbocycles. The molecule has 7 heteroatoms. The molecular weight excluding hydrogens is 366 g/mol. The van der Waals surface area contributed by atoms with Crippen LogP contribution in [0.15, 0.2) is 65.4 Å². The quantitative estimate of drug-likeness (QED) is 0.552. The Kier molecular flexibility index (Phi) is 4.20. The lowest BCUT2D eigenvalue weighted by Crippen LogP contribution is -2.15. The van der Waals surface area contributed by atoms with Gasteiger partial charge in [-0.15, -0.1) is 5.10 Å². The third kappa shape index (κ3) is 3.42. The normalized spacial score (nSPS) is 13.4. The maximum absolute atomic E-state index is 12.9. The van der Waals surface area contributed by atoms with Crippen LogP contribution in [0.25, 0.3) is 17.1 Å². The number of benzene rings is 2. The number of oxazole rings is 1. The number of amides is 1. The summed E-state index contributed by atoms with van der Waals surface area (Å²) in [7, 11) is 0. The van der Waals surface area contributed by atoms with Crippen LogP contribution >= 0.6 is 0 Å². The van der Waals surface area contributed by atoms with Gasteiger partial charge in [0.25, 0.3) is 5.91 Å². The summed E-state index contributed by atoms with van der Waals surface area (Å²) in [6.45, 7) is 2.04. The minimum atomic E-state index is -0.255. The van der Waals surface area contributed by atoms with E-state index in [2.05, 4.69) is 20.6 Å². The number of rotatable bonds is 5. The Hall–Kier alpha value is -3.74. The van der Waals surface area contributed by atoms with Gasteiger partial charge in [0.05, 0.1) is 17.6 Å². The van der Waals surface area contributed by atoms with Gasteiger partial charge in [-0.2, -0.15) is 0 Å². The SMILES string of the molecule is Cc1ccc(-n2nnc(C(=O)Nc3ccc(-c4ncco4)cc3)c2C2CC2)cc1. The van der Waals surface area contributed by atoms with Crippen molar-refractivity contribution in [1.82, 2.24) is 20.0 Å². The second-order valence-electron chi connectivity index (χ2n) is 7.21. The molecule has 1 aliphatic rings. The monoisotopic (exact) mass is 385 g/mol. The van der Waals surface area contributed by atoms with Crippen LogP contribution in [-0.4, -0.2) is 25.9 Å². The van der Waals surface area contributed by atoms with Gasteiger partial charge < -0.3 is 9.73 Å². The molecule has 0 spiro atoms. The lowest BCUT2D eigenvalue weighted by atomic mass is 10.1. The summed E-state index contributed by atoms with van der Waals surface area (Å²) in [5, 5.41) is 11.4. The van der Waals surface area contributed by atoms with Gasteiger partial charge in [-0.05, 0) is 56.2 Å². The highest BCUT2D eigenvalue weighted by Gasteiger charge is 2.34. The van der Waals surface area contributed by atoms with Crippen molar-refractivity contribution in [2.75, 3.05) is 5.32 Å². The summed E-state index contributed by atoms with van der Waals surface area (Å²) in [6.07, 6.45) is 5.22. The first-order valence-electron chi connectivity index (χ1n) is 9.53. The summed E-state index contributed by atoms with van der Waals surface area (Å²) < 4.78 is 7.08. The van der Waals surface area contributed by atoms with Gasteiger partial charge in [-0.1, -0.05) is 22.9 Å². The van der Waals surface area contributed by atoms with Crippen molar-refractivity contribution in [3.05, 3.63) is 77.9 Å². The van der Waals surface area contributed by atoms with E-state index in [9.17, 15) is 4.79 Å². The van der Waals surface area contributed by atoms with Crippen LogP contribution in [0.3, 0.4) is 0 Å². The van der Waals surface area contributed by atoms with Crippen LogP contribution in [0.2, 0.25) is 0 Å². The average molecular weight is 385 g/mol. The van der Waals surface area contributed by atoms with Gasteiger partial charge in [-0.25, -0.2) is 9.67 Å². The smallest absolute Gasteiger partial charge is 0.278 e. The molecule has 5 rings (SSSR count). The van der Waals surface area contributed by atoms with Gasteiger partial charge in [0.2, 0.25) is 5.89 Å². The predicted octanol–water partition coefficient (Wildman–Crippen LogP) is 4.36. The number of carbonyl (C=O) groups is 1. The summed E-state index contributed by atoms with van der Waals surface area (Å²) >= 11 is 0. The first-order chi connectivity index (χ1) is 14.2. The van der Waals surface area contributed by atoms with Crippen molar-refractivity contribution >= 4 is 11.6 Å². The Morgan fingerprint density at radius 1 is 1.10 bits per heavy atom. The van der Waals surface area contributed by atoms with Crippen LogP contribution in [0, 0.1) is 6.92 Å². The van der Waals surface area contributed by atoms with E-state index in [1.165, 1.54) is 11.8 Å². The van der Waals surface area contributed by atoms with Gasteiger partial charge in [-0.3, -0.25) is 4.79 Å². The third-order valence-electron chi connectivity index (χ3n) is 4.98. The highest BCUT2D eigenvalue weighted by Crippen LogP contribution is 2.42. The van der Waals surface area contributed by atoms with E-state index in [4.69, 9.17) is 4.42 Å². The second kappa shape index (κ2) is 7.01. The van der Waals surface area contributed by atoms with E-state index in [1.54, 1.807) is 10.9 Å². The van der Waals surface area contributed by atoms with Gasteiger partial charge >= 0.3 is 0 Å². The topological polar surface area (TPSA) is 85.8 Å². The minimum absolute atomic E-state index is 0.255. The summed E-state index contributed by atoms with van der Waals surface area (Å²) in [5.41, 5.74) is 4.87. The molecule has 0 atom stereocenters. The molecule has 0 unspecified atom stereocenters. The van der Waals surface area contributed by atoms with E-state index in [0.29, 0.717) is 23.2 Å². The van der Waals surface area contributed by atoms with Gasteiger partial charge in [0, 0.05) is 17.2 Å². The number of hydrogen-bond donors (Lipinski definition) is 1. The van der Waals surface area contributed by atoms with E-state index >= 15 is 0 Å². The number of hydrogen-bond acceptors (Lipinski definition) is 5. The van der Waals surface area contributed by atoms with E-state index < -0.39 is 0 Å². The lowest BCUT2D eigenvalue weighted by molar-refractivity contribution is 0.102. The zero-order valence-electron chi connectivity index (χ0n) is 15.9. The Labute approximate surface area is 167 Å². The highest BCUT2D eigenvalue weighted by atomic mass is 16.3. The average Bonchev–Trinajstić information content (AvgIpc) is 3.25. The molecule has 144 valence electrons. The summed E-state index contributed by atoms with van der Waals surface area (Å²) in [4.78, 5) is 17.0. The number of aromatic nitrogens is 4. The first-order valence-corrected chi connectivity index (χ1v) is 9.53. The fourth-order valence-corrected chi connectivity index (χ4v) is 3.30. The molecule has 1 N–H and O–H groups in total. The van der Waals surface area contributed by atoms with Crippen molar-refractivity contribution in [3.63, 3.8) is 0 Å². The predicted molar refractivity (Wildman–Crippen MR) is 108 cm³/mol. The molecule has 0 radical (unpaired) electrons. The maximum Gasteiger partial charge on any atom is 0.278 e. The largest absolute Gasteiger partial charge is 0.445 e. The van der Waals surface area contributed by atoms with E-state index in [0.717, 1.165) is 29.8 Å². The Bertz CT molecular complexity index is 1140. The standard InChI is InChI=1S/C22H19N5O2/c1-14-2-10-18(11-3-14)27-20(15-4-5-15)19(25-26-27)21(28)24-17-8-6-16(7-9-17)22-23-12-13-29-22/h2-3,6-13,15H,4-5H2,1H3,(H,24,28). The molecule has 1 amide bonds. The Morgan fingerprint density at radius 3 is 2.52 bits per heavy atom. The van der Waals surface area contributed by atoms with Crippen molar-refractivity contribution in [3.8, 4) is 17.1 Å².